The maximum Gasteiger partial charge on any atom is 0.244 e. The number of hydrogen-bond donors (Lipinski definition) is 0. The Hall–Kier alpha value is -1.99. The van der Waals surface area contributed by atoms with Gasteiger partial charge in [0.15, 0.2) is 0 Å². The van der Waals surface area contributed by atoms with Gasteiger partial charge < -0.3 is 4.90 Å². The van der Waals surface area contributed by atoms with Gasteiger partial charge in [-0.1, -0.05) is 6.07 Å². The molecule has 0 aromatic carbocycles. The summed E-state index contributed by atoms with van der Waals surface area (Å²) in [6, 6.07) is 9.27. The fourth-order valence-electron chi connectivity index (χ4n) is 2.77. The van der Waals surface area contributed by atoms with Gasteiger partial charge in [-0.3, -0.25) is 4.98 Å². The highest BCUT2D eigenvalue weighted by atomic mass is 32.2. The predicted molar refractivity (Wildman–Crippen MR) is 93.4 cm³/mol. The van der Waals surface area contributed by atoms with Gasteiger partial charge in [0.05, 0.1) is 0 Å². The lowest BCUT2D eigenvalue weighted by Crippen LogP contribution is -2.28. The summed E-state index contributed by atoms with van der Waals surface area (Å²) in [5.41, 5.74) is 1.03. The Kier molecular flexibility index (Phi) is 5.11. The molecular weight excluding hydrogens is 324 g/mol. The molecule has 1 fully saturated rings. The van der Waals surface area contributed by atoms with Crippen LogP contribution in [0.15, 0.2) is 47.6 Å². The minimum absolute atomic E-state index is 0.270. The summed E-state index contributed by atoms with van der Waals surface area (Å²) in [5.74, 6) is 0.756. The summed E-state index contributed by atoms with van der Waals surface area (Å²) in [7, 11) is -1.45. The van der Waals surface area contributed by atoms with Gasteiger partial charge in [-0.05, 0) is 37.1 Å². The first-order chi connectivity index (χ1) is 11.6. The second kappa shape index (κ2) is 7.27. The van der Waals surface area contributed by atoms with E-state index in [9.17, 15) is 8.42 Å². The molecule has 0 atom stereocenters. The zero-order chi connectivity index (χ0) is 17.0. The average Bonchev–Trinajstić information content (AvgIpc) is 3.16. The van der Waals surface area contributed by atoms with E-state index < -0.39 is 10.0 Å². The van der Waals surface area contributed by atoms with Gasteiger partial charge in [-0.15, -0.1) is 0 Å². The van der Waals surface area contributed by atoms with Crippen LogP contribution in [0, 0.1) is 0 Å². The second-order valence-corrected chi connectivity index (χ2v) is 7.89. The van der Waals surface area contributed by atoms with E-state index in [-0.39, 0.29) is 4.90 Å². The van der Waals surface area contributed by atoms with E-state index in [4.69, 9.17) is 0 Å². The van der Waals surface area contributed by atoms with Crippen molar-refractivity contribution in [3.05, 3.63) is 48.4 Å². The Bertz CT molecular complexity index is 757. The summed E-state index contributed by atoms with van der Waals surface area (Å²) in [6.07, 6.45) is 5.92. The first kappa shape index (κ1) is 16.9. The highest BCUT2D eigenvalue weighted by Crippen LogP contribution is 2.21. The Labute approximate surface area is 143 Å². The van der Waals surface area contributed by atoms with Crippen LogP contribution in [0.5, 0.6) is 0 Å². The van der Waals surface area contributed by atoms with Crippen molar-refractivity contribution < 1.29 is 8.42 Å². The normalized spacial score (nSPS) is 15.5. The second-order valence-electron chi connectivity index (χ2n) is 5.96. The van der Waals surface area contributed by atoms with Gasteiger partial charge in [-0.2, -0.15) is 4.31 Å². The summed E-state index contributed by atoms with van der Waals surface area (Å²) in [5, 5.41) is 0. The molecule has 0 aliphatic carbocycles. The summed E-state index contributed by atoms with van der Waals surface area (Å²) >= 11 is 0. The molecule has 1 aliphatic heterocycles. The van der Waals surface area contributed by atoms with Crippen molar-refractivity contribution in [1.29, 1.82) is 0 Å². The topological polar surface area (TPSA) is 66.4 Å². The zero-order valence-corrected chi connectivity index (χ0v) is 14.6. The van der Waals surface area contributed by atoms with Crippen molar-refractivity contribution in [3.63, 3.8) is 0 Å². The van der Waals surface area contributed by atoms with Crippen LogP contribution in [0.1, 0.15) is 18.5 Å². The van der Waals surface area contributed by atoms with Gasteiger partial charge in [0.25, 0.3) is 0 Å². The third kappa shape index (κ3) is 3.73. The number of anilines is 1. The van der Waals surface area contributed by atoms with Crippen LogP contribution in [0.25, 0.3) is 0 Å². The maximum atomic E-state index is 12.5. The van der Waals surface area contributed by atoms with Crippen LogP contribution in [-0.2, 0) is 16.4 Å². The van der Waals surface area contributed by atoms with Crippen molar-refractivity contribution >= 4 is 15.8 Å². The first-order valence-corrected chi connectivity index (χ1v) is 9.58. The standard InChI is InChI=1S/C17H22N4O2S/c1-20(13-9-15-6-2-3-10-18-15)17-8-7-16(14-19-17)24(22,23)21-11-4-5-12-21/h2-3,6-8,10,14H,4-5,9,11-13H2,1H3. The molecule has 7 heteroatoms. The van der Waals surface area contributed by atoms with Crippen molar-refractivity contribution in [3.8, 4) is 0 Å². The number of rotatable bonds is 6. The highest BCUT2D eigenvalue weighted by Gasteiger charge is 2.27. The number of hydrogen-bond acceptors (Lipinski definition) is 5. The van der Waals surface area contributed by atoms with Gasteiger partial charge in [-0.25, -0.2) is 13.4 Å². The fourth-order valence-corrected chi connectivity index (χ4v) is 4.23. The quantitative estimate of drug-likeness (QED) is 0.800. The third-order valence-electron chi connectivity index (χ3n) is 4.24. The van der Waals surface area contributed by atoms with Crippen molar-refractivity contribution in [2.45, 2.75) is 24.2 Å². The van der Waals surface area contributed by atoms with E-state index in [1.807, 2.05) is 30.1 Å². The molecule has 6 nitrogen and oxygen atoms in total. The van der Waals surface area contributed by atoms with E-state index in [0.717, 1.165) is 37.3 Å². The van der Waals surface area contributed by atoms with Crippen LogP contribution in [0.2, 0.25) is 0 Å². The SMILES string of the molecule is CN(CCc1ccccn1)c1ccc(S(=O)(=O)N2CCCC2)cn1. The Morgan fingerprint density at radius 3 is 2.54 bits per heavy atom. The van der Waals surface area contributed by atoms with Crippen LogP contribution >= 0.6 is 0 Å². The number of pyridine rings is 2. The molecule has 0 amide bonds. The molecule has 3 rings (SSSR count). The molecule has 0 unspecified atom stereocenters. The van der Waals surface area contributed by atoms with E-state index in [2.05, 4.69) is 9.97 Å². The van der Waals surface area contributed by atoms with E-state index in [1.54, 1.807) is 18.3 Å². The average molecular weight is 346 g/mol. The largest absolute Gasteiger partial charge is 0.359 e. The first-order valence-electron chi connectivity index (χ1n) is 8.14. The Morgan fingerprint density at radius 1 is 1.12 bits per heavy atom. The van der Waals surface area contributed by atoms with E-state index in [1.165, 1.54) is 10.5 Å². The number of aromatic nitrogens is 2. The number of nitrogens with zero attached hydrogens (tertiary/aromatic N) is 4. The third-order valence-corrected chi connectivity index (χ3v) is 6.13. The molecule has 0 N–H and O–H groups in total. The van der Waals surface area contributed by atoms with Crippen LogP contribution in [-0.4, -0.2) is 49.4 Å². The summed E-state index contributed by atoms with van der Waals surface area (Å²) in [4.78, 5) is 10.9. The lowest BCUT2D eigenvalue weighted by molar-refractivity contribution is 0.477. The van der Waals surface area contributed by atoms with E-state index >= 15 is 0 Å². The summed E-state index contributed by atoms with van der Waals surface area (Å²) in [6.45, 7) is 1.98. The van der Waals surface area contributed by atoms with Gasteiger partial charge in [0, 0.05) is 51.2 Å². The van der Waals surface area contributed by atoms with E-state index in [0.29, 0.717) is 13.1 Å². The molecule has 0 saturated carbocycles. The Morgan fingerprint density at radius 2 is 1.92 bits per heavy atom. The molecular formula is C17H22N4O2S. The minimum atomic E-state index is -3.39. The van der Waals surface area contributed by atoms with Gasteiger partial charge in [0.1, 0.15) is 10.7 Å². The molecule has 1 saturated heterocycles. The Balaban J connectivity index is 1.65. The molecule has 3 heterocycles. The van der Waals surface area contributed by atoms with Crippen LogP contribution < -0.4 is 4.90 Å². The van der Waals surface area contributed by atoms with Crippen LogP contribution in [0.4, 0.5) is 5.82 Å². The molecule has 24 heavy (non-hydrogen) atoms. The molecule has 128 valence electrons. The molecule has 1 aliphatic rings. The van der Waals surface area contributed by atoms with Crippen LogP contribution in [0.3, 0.4) is 0 Å². The molecule has 2 aromatic rings. The lowest BCUT2D eigenvalue weighted by atomic mass is 10.2. The fraction of sp³-hybridized carbons (Fsp3) is 0.412. The molecule has 0 radical (unpaired) electrons. The lowest BCUT2D eigenvalue weighted by Gasteiger charge is -2.19. The highest BCUT2D eigenvalue weighted by molar-refractivity contribution is 7.89. The smallest absolute Gasteiger partial charge is 0.244 e. The van der Waals surface area contributed by atoms with Crippen molar-refractivity contribution in [2.75, 3.05) is 31.6 Å². The minimum Gasteiger partial charge on any atom is -0.359 e. The van der Waals surface area contributed by atoms with Gasteiger partial charge in [0.2, 0.25) is 10.0 Å². The predicted octanol–water partition coefficient (Wildman–Crippen LogP) is 1.94. The number of sulfonamides is 1. The molecule has 0 bridgehead atoms. The van der Waals surface area contributed by atoms with Gasteiger partial charge >= 0.3 is 0 Å². The molecule has 2 aromatic heterocycles. The monoisotopic (exact) mass is 346 g/mol. The van der Waals surface area contributed by atoms with Crippen molar-refractivity contribution in [2.24, 2.45) is 0 Å². The number of likely N-dealkylation sites (N-methyl/N-ethyl adjacent to an activating group) is 1. The zero-order valence-electron chi connectivity index (χ0n) is 13.8. The summed E-state index contributed by atoms with van der Waals surface area (Å²) < 4.78 is 26.5. The molecule has 0 spiro atoms. The van der Waals surface area contributed by atoms with Crippen molar-refractivity contribution in [1.82, 2.24) is 14.3 Å². The maximum absolute atomic E-state index is 12.5.